The van der Waals surface area contributed by atoms with Crippen LogP contribution < -0.4 is 10.9 Å². The number of carbonyl (C=O) groups is 1. The Morgan fingerprint density at radius 2 is 1.94 bits per heavy atom. The predicted octanol–water partition coefficient (Wildman–Crippen LogP) is 1.22. The van der Waals surface area contributed by atoms with Crippen LogP contribution in [0.3, 0.4) is 0 Å². The van der Waals surface area contributed by atoms with Crippen molar-refractivity contribution in [3.8, 4) is 0 Å². The third kappa shape index (κ3) is 3.49. The van der Waals surface area contributed by atoms with Crippen LogP contribution in [-0.2, 0) is 17.8 Å². The molecule has 0 bridgehead atoms. The Labute approximate surface area is 108 Å². The third-order valence-electron chi connectivity index (χ3n) is 2.41. The molecule has 5 nitrogen and oxygen atoms in total. The van der Waals surface area contributed by atoms with Crippen molar-refractivity contribution < 1.29 is 4.79 Å². The van der Waals surface area contributed by atoms with Gasteiger partial charge in [-0.25, -0.2) is 0 Å². The maximum atomic E-state index is 11.6. The second kappa shape index (κ2) is 5.55. The first-order chi connectivity index (χ1) is 8.63. The molecule has 0 atom stereocenters. The molecule has 0 fully saturated rings. The molecule has 1 aromatic carbocycles. The third-order valence-corrected chi connectivity index (χ3v) is 2.66. The summed E-state index contributed by atoms with van der Waals surface area (Å²) in [5, 5.41) is 8.43. The first-order valence-electron chi connectivity index (χ1n) is 5.41. The van der Waals surface area contributed by atoms with Crippen LogP contribution in [0.5, 0.6) is 0 Å². The van der Waals surface area contributed by atoms with Crippen LogP contribution in [0.25, 0.3) is 0 Å². The quantitative estimate of drug-likeness (QED) is 0.777. The van der Waals surface area contributed by atoms with Gasteiger partial charge in [0.05, 0.1) is 6.42 Å². The minimum atomic E-state index is -0.240. The first-order valence-corrected chi connectivity index (χ1v) is 5.79. The molecule has 0 radical (unpaired) electrons. The number of nitrogens with one attached hydrogen (secondary N) is 3. The van der Waals surface area contributed by atoms with Gasteiger partial charge in [0.25, 0.3) is 5.56 Å². The van der Waals surface area contributed by atoms with Gasteiger partial charge in [0.15, 0.2) is 0 Å². The van der Waals surface area contributed by atoms with Crippen LogP contribution in [0.2, 0.25) is 5.02 Å². The van der Waals surface area contributed by atoms with E-state index >= 15 is 0 Å². The zero-order chi connectivity index (χ0) is 13.0. The van der Waals surface area contributed by atoms with Gasteiger partial charge in [0.1, 0.15) is 0 Å². The zero-order valence-corrected chi connectivity index (χ0v) is 10.3. The van der Waals surface area contributed by atoms with Crippen molar-refractivity contribution >= 4 is 17.5 Å². The summed E-state index contributed by atoms with van der Waals surface area (Å²) in [6, 6.07) is 8.60. The summed E-state index contributed by atoms with van der Waals surface area (Å²) in [5.41, 5.74) is 1.29. The Kier molecular flexibility index (Phi) is 3.84. The number of benzene rings is 1. The van der Waals surface area contributed by atoms with Crippen molar-refractivity contribution in [1.29, 1.82) is 0 Å². The predicted molar refractivity (Wildman–Crippen MR) is 68.4 cm³/mol. The van der Waals surface area contributed by atoms with Gasteiger partial charge >= 0.3 is 0 Å². The first kappa shape index (κ1) is 12.4. The Morgan fingerprint density at radius 3 is 2.56 bits per heavy atom. The van der Waals surface area contributed by atoms with Gasteiger partial charge in [-0.1, -0.05) is 23.7 Å². The van der Waals surface area contributed by atoms with Crippen LogP contribution in [0.15, 0.2) is 35.1 Å². The average Bonchev–Trinajstić information content (AvgIpc) is 2.74. The van der Waals surface area contributed by atoms with Crippen molar-refractivity contribution in [3.05, 3.63) is 57.0 Å². The van der Waals surface area contributed by atoms with Gasteiger partial charge in [0, 0.05) is 23.3 Å². The molecule has 1 aromatic heterocycles. The molecule has 0 unspecified atom stereocenters. The van der Waals surface area contributed by atoms with E-state index in [2.05, 4.69) is 15.5 Å². The van der Waals surface area contributed by atoms with Crippen LogP contribution in [0.4, 0.5) is 0 Å². The van der Waals surface area contributed by atoms with E-state index in [9.17, 15) is 9.59 Å². The fourth-order valence-electron chi connectivity index (χ4n) is 1.51. The molecule has 18 heavy (non-hydrogen) atoms. The maximum Gasteiger partial charge on any atom is 0.264 e. The van der Waals surface area contributed by atoms with E-state index in [1.54, 1.807) is 12.1 Å². The Balaban J connectivity index is 1.85. The summed E-state index contributed by atoms with van der Waals surface area (Å²) in [5.74, 6) is -0.153. The highest BCUT2D eigenvalue weighted by Gasteiger charge is 2.05. The Hall–Kier alpha value is -2.01. The molecule has 0 aliphatic rings. The lowest BCUT2D eigenvalue weighted by Gasteiger charge is -2.04. The van der Waals surface area contributed by atoms with Gasteiger partial charge in [-0.05, 0) is 17.7 Å². The normalized spacial score (nSPS) is 10.3. The SMILES string of the molecule is O=C(Cc1cc(=O)[nH][nH]1)NCc1ccc(Cl)cc1. The van der Waals surface area contributed by atoms with Crippen LogP contribution >= 0.6 is 11.6 Å². The molecule has 0 spiro atoms. The topological polar surface area (TPSA) is 77.8 Å². The largest absolute Gasteiger partial charge is 0.352 e. The monoisotopic (exact) mass is 265 g/mol. The summed E-state index contributed by atoms with van der Waals surface area (Å²) in [6.07, 6.45) is 0.145. The van der Waals surface area contributed by atoms with Crippen LogP contribution in [0, 0.1) is 0 Å². The van der Waals surface area contributed by atoms with E-state index in [0.29, 0.717) is 17.3 Å². The number of rotatable bonds is 4. The second-order valence-corrected chi connectivity index (χ2v) is 4.30. The fourth-order valence-corrected chi connectivity index (χ4v) is 1.63. The number of carbonyl (C=O) groups excluding carboxylic acids is 1. The molecule has 0 saturated carbocycles. The van der Waals surface area contributed by atoms with Crippen LogP contribution in [-0.4, -0.2) is 16.1 Å². The van der Waals surface area contributed by atoms with Crippen molar-refractivity contribution in [2.24, 2.45) is 0 Å². The van der Waals surface area contributed by atoms with E-state index in [4.69, 9.17) is 11.6 Å². The Bertz CT molecular complexity index is 586. The molecule has 94 valence electrons. The van der Waals surface area contributed by atoms with Gasteiger partial charge in [-0.2, -0.15) is 0 Å². The number of H-pyrrole nitrogens is 2. The minimum absolute atomic E-state index is 0.145. The van der Waals surface area contributed by atoms with Crippen molar-refractivity contribution in [1.82, 2.24) is 15.5 Å². The number of amides is 1. The van der Waals surface area contributed by atoms with Crippen molar-refractivity contribution in [2.45, 2.75) is 13.0 Å². The number of hydrogen-bond donors (Lipinski definition) is 3. The van der Waals surface area contributed by atoms with Crippen molar-refractivity contribution in [3.63, 3.8) is 0 Å². The van der Waals surface area contributed by atoms with E-state index in [1.807, 2.05) is 12.1 Å². The molecule has 1 heterocycles. The smallest absolute Gasteiger partial charge is 0.264 e. The minimum Gasteiger partial charge on any atom is -0.352 e. The molecule has 0 aliphatic heterocycles. The molecule has 0 saturated heterocycles. The lowest BCUT2D eigenvalue weighted by molar-refractivity contribution is -0.120. The summed E-state index contributed by atoms with van der Waals surface area (Å²) in [4.78, 5) is 22.4. The average molecular weight is 266 g/mol. The molecule has 3 N–H and O–H groups in total. The van der Waals surface area contributed by atoms with Gasteiger partial charge in [-0.3, -0.25) is 14.7 Å². The van der Waals surface area contributed by atoms with Gasteiger partial charge < -0.3 is 10.4 Å². The zero-order valence-electron chi connectivity index (χ0n) is 9.50. The molecule has 2 aromatic rings. The summed E-state index contributed by atoms with van der Waals surface area (Å²) in [6.45, 7) is 0.435. The lowest BCUT2D eigenvalue weighted by Crippen LogP contribution is -2.24. The van der Waals surface area contributed by atoms with E-state index in [-0.39, 0.29) is 17.9 Å². The molecule has 6 heteroatoms. The molecule has 1 amide bonds. The van der Waals surface area contributed by atoms with E-state index < -0.39 is 0 Å². The molecule has 2 rings (SSSR count). The summed E-state index contributed by atoms with van der Waals surface area (Å²) in [7, 11) is 0. The van der Waals surface area contributed by atoms with E-state index in [1.165, 1.54) is 6.07 Å². The lowest BCUT2D eigenvalue weighted by atomic mass is 10.2. The fraction of sp³-hybridized carbons (Fsp3) is 0.167. The molecular weight excluding hydrogens is 254 g/mol. The standard InChI is InChI=1S/C12H12ClN3O2/c13-9-3-1-8(2-4-9)7-14-11(17)5-10-6-12(18)16-15-10/h1-4,6H,5,7H2,(H,14,17)(H2,15,16,18). The highest BCUT2D eigenvalue weighted by atomic mass is 35.5. The van der Waals surface area contributed by atoms with E-state index in [0.717, 1.165) is 5.56 Å². The van der Waals surface area contributed by atoms with Crippen LogP contribution in [0.1, 0.15) is 11.3 Å². The number of hydrogen-bond acceptors (Lipinski definition) is 2. The second-order valence-electron chi connectivity index (χ2n) is 3.86. The maximum absolute atomic E-state index is 11.6. The highest BCUT2D eigenvalue weighted by molar-refractivity contribution is 6.30. The molecular formula is C12H12ClN3O2. The number of halogens is 1. The number of aromatic amines is 2. The van der Waals surface area contributed by atoms with Gasteiger partial charge in [0.2, 0.25) is 5.91 Å². The van der Waals surface area contributed by atoms with Gasteiger partial charge in [-0.15, -0.1) is 0 Å². The highest BCUT2D eigenvalue weighted by Crippen LogP contribution is 2.09. The Morgan fingerprint density at radius 1 is 1.22 bits per heavy atom. The summed E-state index contributed by atoms with van der Waals surface area (Å²) < 4.78 is 0. The molecule has 0 aliphatic carbocycles. The van der Waals surface area contributed by atoms with Crippen molar-refractivity contribution in [2.75, 3.05) is 0 Å². The summed E-state index contributed by atoms with van der Waals surface area (Å²) >= 11 is 5.76. The number of aromatic nitrogens is 2.